The minimum absolute atomic E-state index is 0.0876. The van der Waals surface area contributed by atoms with Gasteiger partial charge < -0.3 is 14.6 Å². The molecule has 1 aliphatic heterocycles. The van der Waals surface area contributed by atoms with E-state index in [1.54, 1.807) is 0 Å². The number of nitrogens with one attached hydrogen (secondary N) is 1. The van der Waals surface area contributed by atoms with Crippen molar-refractivity contribution in [2.24, 2.45) is 0 Å². The minimum atomic E-state index is -0.163. The van der Waals surface area contributed by atoms with Crippen LogP contribution in [0, 0.1) is 6.92 Å². The third-order valence-electron chi connectivity index (χ3n) is 4.73. The number of amides is 1. The van der Waals surface area contributed by atoms with E-state index in [-0.39, 0.29) is 17.7 Å². The Morgan fingerprint density at radius 2 is 1.81 bits per heavy atom. The number of carbonyl (C=O) groups is 1. The SMILES string of the molecule is Cc1nc(C(C)(C)C)oc1CC(=O)Nc1ccc(N2CCCCC2)cc1. The second-order valence-corrected chi connectivity index (χ2v) is 8.10. The highest BCUT2D eigenvalue weighted by Crippen LogP contribution is 2.25. The molecule has 5 heteroatoms. The van der Waals surface area contributed by atoms with Gasteiger partial charge >= 0.3 is 0 Å². The largest absolute Gasteiger partial charge is 0.444 e. The molecule has 0 saturated carbocycles. The first-order chi connectivity index (χ1) is 12.3. The summed E-state index contributed by atoms with van der Waals surface area (Å²) in [5.74, 6) is 1.22. The Morgan fingerprint density at radius 1 is 1.15 bits per heavy atom. The summed E-state index contributed by atoms with van der Waals surface area (Å²) in [6, 6.07) is 8.10. The molecule has 1 aromatic heterocycles. The predicted molar refractivity (Wildman–Crippen MR) is 105 cm³/mol. The summed E-state index contributed by atoms with van der Waals surface area (Å²) >= 11 is 0. The van der Waals surface area contributed by atoms with Crippen molar-refractivity contribution in [3.63, 3.8) is 0 Å². The van der Waals surface area contributed by atoms with Crippen LogP contribution in [0.5, 0.6) is 0 Å². The standard InChI is InChI=1S/C21H29N3O2/c1-15-18(26-20(22-15)21(2,3)4)14-19(25)23-16-8-10-17(11-9-16)24-12-6-5-7-13-24/h8-11H,5-7,12-14H2,1-4H3,(H,23,25). The van der Waals surface area contributed by atoms with Crippen LogP contribution in [-0.4, -0.2) is 24.0 Å². The normalized spacial score (nSPS) is 15.2. The van der Waals surface area contributed by atoms with Gasteiger partial charge in [-0.25, -0.2) is 4.98 Å². The van der Waals surface area contributed by atoms with Crippen LogP contribution in [0.1, 0.15) is 57.4 Å². The highest BCUT2D eigenvalue weighted by atomic mass is 16.4. The van der Waals surface area contributed by atoms with Crippen molar-refractivity contribution in [3.05, 3.63) is 41.6 Å². The molecular formula is C21H29N3O2. The number of benzene rings is 1. The lowest BCUT2D eigenvalue weighted by Crippen LogP contribution is -2.29. The molecule has 0 aliphatic carbocycles. The summed E-state index contributed by atoms with van der Waals surface area (Å²) in [6.45, 7) is 10.3. The van der Waals surface area contributed by atoms with Gasteiger partial charge in [-0.2, -0.15) is 0 Å². The molecule has 1 N–H and O–H groups in total. The van der Waals surface area contributed by atoms with Crippen LogP contribution in [0.4, 0.5) is 11.4 Å². The van der Waals surface area contributed by atoms with Gasteiger partial charge in [-0.1, -0.05) is 20.8 Å². The number of rotatable bonds is 4. The molecule has 1 saturated heterocycles. The van der Waals surface area contributed by atoms with Crippen LogP contribution in [0.15, 0.2) is 28.7 Å². The van der Waals surface area contributed by atoms with Crippen LogP contribution < -0.4 is 10.2 Å². The zero-order valence-corrected chi connectivity index (χ0v) is 16.3. The second-order valence-electron chi connectivity index (χ2n) is 8.10. The van der Waals surface area contributed by atoms with E-state index in [2.05, 4.69) is 27.3 Å². The van der Waals surface area contributed by atoms with E-state index in [1.807, 2.05) is 39.8 Å². The molecule has 0 bridgehead atoms. The molecule has 2 heterocycles. The Morgan fingerprint density at radius 3 is 2.38 bits per heavy atom. The highest BCUT2D eigenvalue weighted by Gasteiger charge is 2.23. The van der Waals surface area contributed by atoms with Crippen LogP contribution in [0.2, 0.25) is 0 Å². The summed E-state index contributed by atoms with van der Waals surface area (Å²) < 4.78 is 5.81. The third kappa shape index (κ3) is 4.45. The maximum Gasteiger partial charge on any atom is 0.232 e. The fraction of sp³-hybridized carbons (Fsp3) is 0.524. The van der Waals surface area contributed by atoms with Gasteiger partial charge in [0.15, 0.2) is 5.89 Å². The number of aryl methyl sites for hydroxylation is 1. The molecule has 1 fully saturated rings. The summed E-state index contributed by atoms with van der Waals surface area (Å²) in [4.78, 5) is 19.2. The van der Waals surface area contributed by atoms with E-state index in [0.29, 0.717) is 11.7 Å². The van der Waals surface area contributed by atoms with E-state index in [9.17, 15) is 4.79 Å². The molecule has 0 radical (unpaired) electrons. The number of nitrogens with zero attached hydrogens (tertiary/aromatic N) is 2. The van der Waals surface area contributed by atoms with E-state index >= 15 is 0 Å². The lowest BCUT2D eigenvalue weighted by atomic mass is 9.97. The zero-order chi connectivity index (χ0) is 18.7. The maximum absolute atomic E-state index is 12.4. The molecule has 1 amide bonds. The Balaban J connectivity index is 1.60. The fourth-order valence-electron chi connectivity index (χ4n) is 3.17. The van der Waals surface area contributed by atoms with Crippen LogP contribution in [-0.2, 0) is 16.6 Å². The topological polar surface area (TPSA) is 58.4 Å². The van der Waals surface area contributed by atoms with E-state index < -0.39 is 0 Å². The molecule has 0 unspecified atom stereocenters. The highest BCUT2D eigenvalue weighted by molar-refractivity contribution is 5.92. The Hall–Kier alpha value is -2.30. The van der Waals surface area contributed by atoms with E-state index in [4.69, 9.17) is 4.42 Å². The molecule has 1 aromatic carbocycles. The summed E-state index contributed by atoms with van der Waals surface area (Å²) in [7, 11) is 0. The maximum atomic E-state index is 12.4. The minimum Gasteiger partial charge on any atom is -0.444 e. The van der Waals surface area contributed by atoms with Gasteiger partial charge in [0.25, 0.3) is 0 Å². The van der Waals surface area contributed by atoms with Gasteiger partial charge in [-0.15, -0.1) is 0 Å². The molecule has 0 spiro atoms. The lowest BCUT2D eigenvalue weighted by molar-refractivity contribution is -0.115. The second kappa shape index (κ2) is 7.52. The fourth-order valence-corrected chi connectivity index (χ4v) is 3.17. The van der Waals surface area contributed by atoms with Gasteiger partial charge in [-0.3, -0.25) is 4.79 Å². The Labute approximate surface area is 155 Å². The lowest BCUT2D eigenvalue weighted by Gasteiger charge is -2.28. The molecular weight excluding hydrogens is 326 g/mol. The zero-order valence-electron chi connectivity index (χ0n) is 16.3. The average Bonchev–Trinajstić information content (AvgIpc) is 2.97. The van der Waals surface area contributed by atoms with Gasteiger partial charge in [0.2, 0.25) is 5.91 Å². The van der Waals surface area contributed by atoms with Crippen LogP contribution in [0.25, 0.3) is 0 Å². The van der Waals surface area contributed by atoms with Crippen molar-refractivity contribution < 1.29 is 9.21 Å². The number of hydrogen-bond donors (Lipinski definition) is 1. The predicted octanol–water partition coefficient (Wildman–Crippen LogP) is 4.45. The number of hydrogen-bond acceptors (Lipinski definition) is 4. The van der Waals surface area contributed by atoms with Crippen molar-refractivity contribution in [1.29, 1.82) is 0 Å². The quantitative estimate of drug-likeness (QED) is 0.880. The van der Waals surface area contributed by atoms with Gasteiger partial charge in [0.05, 0.1) is 12.1 Å². The van der Waals surface area contributed by atoms with Crippen molar-refractivity contribution in [3.8, 4) is 0 Å². The molecule has 140 valence electrons. The third-order valence-corrected chi connectivity index (χ3v) is 4.73. The van der Waals surface area contributed by atoms with Gasteiger partial charge in [0.1, 0.15) is 5.76 Å². The number of carbonyl (C=O) groups excluding carboxylic acids is 1. The van der Waals surface area contributed by atoms with Gasteiger partial charge in [-0.05, 0) is 50.5 Å². The van der Waals surface area contributed by atoms with Crippen LogP contribution in [0.3, 0.4) is 0 Å². The average molecular weight is 355 g/mol. The summed E-state index contributed by atoms with van der Waals surface area (Å²) in [5.41, 5.74) is 2.65. The first kappa shape index (κ1) is 18.5. The van der Waals surface area contributed by atoms with Crippen molar-refractivity contribution in [2.75, 3.05) is 23.3 Å². The number of piperidine rings is 1. The molecule has 26 heavy (non-hydrogen) atoms. The van der Waals surface area contributed by atoms with Crippen molar-refractivity contribution in [2.45, 2.75) is 58.8 Å². The molecule has 3 rings (SSSR count). The summed E-state index contributed by atoms with van der Waals surface area (Å²) in [5, 5.41) is 2.95. The Bertz CT molecular complexity index is 751. The Kier molecular flexibility index (Phi) is 5.35. The molecule has 2 aromatic rings. The van der Waals surface area contributed by atoms with E-state index in [1.165, 1.54) is 24.9 Å². The van der Waals surface area contributed by atoms with Gasteiger partial charge in [0, 0.05) is 29.9 Å². The molecule has 5 nitrogen and oxygen atoms in total. The van der Waals surface area contributed by atoms with Crippen molar-refractivity contribution in [1.82, 2.24) is 4.98 Å². The number of aromatic nitrogens is 1. The van der Waals surface area contributed by atoms with Crippen LogP contribution >= 0.6 is 0 Å². The van der Waals surface area contributed by atoms with Crippen molar-refractivity contribution >= 4 is 17.3 Å². The number of anilines is 2. The monoisotopic (exact) mass is 355 g/mol. The molecule has 0 atom stereocenters. The first-order valence-corrected chi connectivity index (χ1v) is 9.44. The number of oxazole rings is 1. The first-order valence-electron chi connectivity index (χ1n) is 9.44. The smallest absolute Gasteiger partial charge is 0.232 e. The van der Waals surface area contributed by atoms with E-state index in [0.717, 1.165) is 24.5 Å². The summed E-state index contributed by atoms with van der Waals surface area (Å²) in [6.07, 6.45) is 4.03. The molecule has 1 aliphatic rings.